The van der Waals surface area contributed by atoms with Crippen LogP contribution in [0.2, 0.25) is 0 Å². The zero-order chi connectivity index (χ0) is 12.6. The second-order valence-electron chi connectivity index (χ2n) is 4.53. The summed E-state index contributed by atoms with van der Waals surface area (Å²) in [5.41, 5.74) is 0.374. The van der Waals surface area contributed by atoms with Crippen LogP contribution in [0.1, 0.15) is 29.8 Å². The Morgan fingerprint density at radius 1 is 1.41 bits per heavy atom. The first kappa shape index (κ1) is 11.6. The van der Waals surface area contributed by atoms with E-state index in [0.29, 0.717) is 11.3 Å². The van der Waals surface area contributed by atoms with E-state index in [1.807, 2.05) is 0 Å². The summed E-state index contributed by atoms with van der Waals surface area (Å²) in [6.07, 6.45) is 0.285. The van der Waals surface area contributed by atoms with Crippen LogP contribution in [0.3, 0.4) is 0 Å². The molecular weight excluding hydrogens is 220 g/mol. The maximum absolute atomic E-state index is 11.8. The molecule has 4 nitrogen and oxygen atoms in total. The average molecular weight is 234 g/mol. The Kier molecular flexibility index (Phi) is 2.65. The van der Waals surface area contributed by atoms with Crippen LogP contribution < -0.4 is 4.74 Å². The molecule has 0 saturated heterocycles. The number of ketones is 1. The minimum Gasteiger partial charge on any atom is -0.480 e. The maximum Gasteiger partial charge on any atom is 0.337 e. The third-order valence-electron chi connectivity index (χ3n) is 2.87. The molecule has 0 fully saturated rings. The molecule has 0 unspecified atom stereocenters. The summed E-state index contributed by atoms with van der Waals surface area (Å²) >= 11 is 0. The van der Waals surface area contributed by atoms with Crippen LogP contribution in [0.15, 0.2) is 18.2 Å². The highest BCUT2D eigenvalue weighted by Crippen LogP contribution is 2.31. The molecule has 0 aliphatic carbocycles. The molecule has 0 amide bonds. The Bertz CT molecular complexity index is 488. The van der Waals surface area contributed by atoms with Gasteiger partial charge in [0.25, 0.3) is 0 Å². The van der Waals surface area contributed by atoms with Crippen LogP contribution in [-0.4, -0.2) is 24.5 Å². The van der Waals surface area contributed by atoms with Gasteiger partial charge in [0.05, 0.1) is 12.7 Å². The van der Waals surface area contributed by atoms with Gasteiger partial charge in [-0.25, -0.2) is 4.79 Å². The van der Waals surface area contributed by atoms with E-state index < -0.39 is 11.6 Å². The van der Waals surface area contributed by atoms with E-state index >= 15 is 0 Å². The van der Waals surface area contributed by atoms with Crippen LogP contribution >= 0.6 is 0 Å². The number of Topliss-reactive ketones (excluding diaryl/α,β-unsaturated/α-hetero) is 1. The number of fused-ring (bicyclic) bond motifs is 1. The number of carbonyl (C=O) groups excluding carboxylic acids is 2. The fourth-order valence-electron chi connectivity index (χ4n) is 1.78. The lowest BCUT2D eigenvalue weighted by Gasteiger charge is -2.31. The zero-order valence-corrected chi connectivity index (χ0v) is 10.1. The van der Waals surface area contributed by atoms with E-state index in [2.05, 4.69) is 4.74 Å². The number of ether oxygens (including phenoxy) is 2. The van der Waals surface area contributed by atoms with Crippen molar-refractivity contribution in [3.63, 3.8) is 0 Å². The van der Waals surface area contributed by atoms with Gasteiger partial charge < -0.3 is 9.47 Å². The molecule has 1 heterocycles. The molecule has 0 radical (unpaired) electrons. The van der Waals surface area contributed by atoms with Crippen molar-refractivity contribution in [2.75, 3.05) is 7.11 Å². The Hall–Kier alpha value is -1.84. The van der Waals surface area contributed by atoms with E-state index in [1.165, 1.54) is 7.11 Å². The van der Waals surface area contributed by atoms with Crippen molar-refractivity contribution in [2.45, 2.75) is 25.9 Å². The number of methoxy groups -OCH3 is 1. The SMILES string of the molecule is COC(=O)c1ccc2c(c1)CC(=O)C(C)(C)O2. The number of rotatable bonds is 1. The standard InChI is InChI=1S/C13H14O4/c1-13(2)11(14)7-9-6-8(12(15)16-3)4-5-10(9)17-13/h4-6H,7H2,1-3H3. The number of hydrogen-bond acceptors (Lipinski definition) is 4. The molecule has 0 saturated carbocycles. The van der Waals surface area contributed by atoms with Crippen LogP contribution in [0, 0.1) is 0 Å². The molecule has 2 rings (SSSR count). The lowest BCUT2D eigenvalue weighted by Crippen LogP contribution is -2.42. The predicted molar refractivity (Wildman–Crippen MR) is 61.2 cm³/mol. The highest BCUT2D eigenvalue weighted by Gasteiger charge is 2.35. The molecule has 0 bridgehead atoms. The lowest BCUT2D eigenvalue weighted by molar-refractivity contribution is -0.132. The summed E-state index contributed by atoms with van der Waals surface area (Å²) in [4.78, 5) is 23.1. The van der Waals surface area contributed by atoms with Gasteiger partial charge in [-0.05, 0) is 32.0 Å². The van der Waals surface area contributed by atoms with E-state index in [-0.39, 0.29) is 12.2 Å². The van der Waals surface area contributed by atoms with Crippen LogP contribution in [-0.2, 0) is 16.0 Å². The molecule has 4 heteroatoms. The molecule has 0 spiro atoms. The van der Waals surface area contributed by atoms with Crippen molar-refractivity contribution in [1.29, 1.82) is 0 Å². The van der Waals surface area contributed by atoms with Crippen molar-refractivity contribution in [2.24, 2.45) is 0 Å². The van der Waals surface area contributed by atoms with Gasteiger partial charge in [0.2, 0.25) is 0 Å². The number of hydrogen-bond donors (Lipinski definition) is 0. The van der Waals surface area contributed by atoms with Gasteiger partial charge in [-0.2, -0.15) is 0 Å². The summed E-state index contributed by atoms with van der Waals surface area (Å²) in [5, 5.41) is 0. The Morgan fingerprint density at radius 2 is 2.12 bits per heavy atom. The van der Waals surface area contributed by atoms with Crippen molar-refractivity contribution in [3.05, 3.63) is 29.3 Å². The second kappa shape index (κ2) is 3.87. The van der Waals surface area contributed by atoms with Crippen LogP contribution in [0.5, 0.6) is 5.75 Å². The third kappa shape index (κ3) is 2.02. The van der Waals surface area contributed by atoms with Crippen LogP contribution in [0.25, 0.3) is 0 Å². The molecule has 1 aromatic carbocycles. The molecule has 0 N–H and O–H groups in total. The molecule has 1 aliphatic rings. The summed E-state index contributed by atoms with van der Waals surface area (Å²) in [6, 6.07) is 4.99. The first-order chi connectivity index (χ1) is 7.94. The Balaban J connectivity index is 2.39. The molecule has 90 valence electrons. The number of carbonyl (C=O) groups is 2. The minimum absolute atomic E-state index is 0.00650. The number of benzene rings is 1. The first-order valence-electron chi connectivity index (χ1n) is 5.37. The van der Waals surface area contributed by atoms with E-state index in [0.717, 1.165) is 5.56 Å². The topological polar surface area (TPSA) is 52.6 Å². The fourth-order valence-corrected chi connectivity index (χ4v) is 1.78. The summed E-state index contributed by atoms with van der Waals surface area (Å²) in [5.74, 6) is 0.249. The van der Waals surface area contributed by atoms with Gasteiger partial charge in [-0.3, -0.25) is 4.79 Å². The van der Waals surface area contributed by atoms with Gasteiger partial charge in [-0.15, -0.1) is 0 Å². The molecule has 1 aliphatic heterocycles. The normalized spacial score (nSPS) is 17.0. The van der Waals surface area contributed by atoms with Crippen molar-refractivity contribution >= 4 is 11.8 Å². The third-order valence-corrected chi connectivity index (χ3v) is 2.87. The Labute approximate surface area is 99.5 Å². The molecule has 17 heavy (non-hydrogen) atoms. The molecule has 1 aromatic rings. The predicted octanol–water partition coefficient (Wildman–Crippen LogP) is 1.76. The van der Waals surface area contributed by atoms with E-state index in [9.17, 15) is 9.59 Å². The quantitative estimate of drug-likeness (QED) is 0.695. The largest absolute Gasteiger partial charge is 0.480 e. The van der Waals surface area contributed by atoms with E-state index in [4.69, 9.17) is 4.74 Å². The number of esters is 1. The first-order valence-corrected chi connectivity index (χ1v) is 5.37. The lowest BCUT2D eigenvalue weighted by atomic mass is 9.92. The summed E-state index contributed by atoms with van der Waals surface area (Å²) in [7, 11) is 1.33. The van der Waals surface area contributed by atoms with Crippen molar-refractivity contribution in [3.8, 4) is 5.75 Å². The van der Waals surface area contributed by atoms with Gasteiger partial charge in [0.15, 0.2) is 11.4 Å². The summed E-state index contributed by atoms with van der Waals surface area (Å²) < 4.78 is 10.2. The Morgan fingerprint density at radius 3 is 2.76 bits per heavy atom. The fraction of sp³-hybridized carbons (Fsp3) is 0.385. The zero-order valence-electron chi connectivity index (χ0n) is 10.1. The summed E-state index contributed by atoms with van der Waals surface area (Å²) in [6.45, 7) is 3.49. The highest BCUT2D eigenvalue weighted by atomic mass is 16.5. The molecule has 0 atom stereocenters. The van der Waals surface area contributed by atoms with Gasteiger partial charge >= 0.3 is 5.97 Å². The second-order valence-corrected chi connectivity index (χ2v) is 4.53. The van der Waals surface area contributed by atoms with Gasteiger partial charge in [0.1, 0.15) is 5.75 Å². The average Bonchev–Trinajstić information content (AvgIpc) is 2.28. The van der Waals surface area contributed by atoms with Crippen molar-refractivity contribution < 1.29 is 19.1 Å². The molecular formula is C13H14O4. The van der Waals surface area contributed by atoms with Crippen molar-refractivity contribution in [1.82, 2.24) is 0 Å². The smallest absolute Gasteiger partial charge is 0.337 e. The van der Waals surface area contributed by atoms with Gasteiger partial charge in [0, 0.05) is 12.0 Å². The monoisotopic (exact) mass is 234 g/mol. The molecule has 0 aromatic heterocycles. The highest BCUT2D eigenvalue weighted by molar-refractivity contribution is 5.93. The maximum atomic E-state index is 11.8. The van der Waals surface area contributed by atoms with Gasteiger partial charge in [-0.1, -0.05) is 0 Å². The minimum atomic E-state index is -0.792. The van der Waals surface area contributed by atoms with E-state index in [1.54, 1.807) is 32.0 Å². The van der Waals surface area contributed by atoms with Crippen LogP contribution in [0.4, 0.5) is 0 Å².